The smallest absolute Gasteiger partial charge is 0.290 e. The molecule has 0 radical (unpaired) electrons. The lowest BCUT2D eigenvalue weighted by Crippen LogP contribution is -2.26. The van der Waals surface area contributed by atoms with Crippen LogP contribution in [0, 0.1) is 0 Å². The van der Waals surface area contributed by atoms with Gasteiger partial charge in [-0.3, -0.25) is 19.7 Å². The highest BCUT2D eigenvalue weighted by Gasteiger charge is 2.24. The molecule has 1 saturated heterocycles. The summed E-state index contributed by atoms with van der Waals surface area (Å²) < 4.78 is 0. The number of hydrogen-bond acceptors (Lipinski definition) is 5. The summed E-state index contributed by atoms with van der Waals surface area (Å²) in [5.74, 6) is -0.478. The van der Waals surface area contributed by atoms with Crippen molar-refractivity contribution in [2.24, 2.45) is 0 Å². The minimum absolute atomic E-state index is 0.0842. The Morgan fingerprint density at radius 3 is 2.18 bits per heavy atom. The van der Waals surface area contributed by atoms with Crippen LogP contribution in [0.25, 0.3) is 6.08 Å². The van der Waals surface area contributed by atoms with E-state index in [4.69, 9.17) is 0 Å². The Hall–Kier alpha value is -3.06. The van der Waals surface area contributed by atoms with E-state index in [-0.39, 0.29) is 11.1 Å². The van der Waals surface area contributed by atoms with E-state index in [0.29, 0.717) is 17.0 Å². The molecule has 1 N–H and O–H groups in total. The molecule has 0 bridgehead atoms. The second-order valence-electron chi connectivity index (χ2n) is 6.70. The molecule has 144 valence electrons. The van der Waals surface area contributed by atoms with Gasteiger partial charge in [-0.25, -0.2) is 0 Å². The number of thioether (sulfide) groups is 1. The van der Waals surface area contributed by atoms with Crippen LogP contribution in [0.1, 0.15) is 21.5 Å². The van der Waals surface area contributed by atoms with Gasteiger partial charge in [-0.1, -0.05) is 24.3 Å². The Morgan fingerprint density at radius 1 is 1.00 bits per heavy atom. The minimum atomic E-state index is -0.393. The van der Waals surface area contributed by atoms with Gasteiger partial charge in [0.25, 0.3) is 17.1 Å². The van der Waals surface area contributed by atoms with E-state index >= 15 is 0 Å². The zero-order chi connectivity index (χ0) is 20.3. The van der Waals surface area contributed by atoms with Gasteiger partial charge in [0.2, 0.25) is 0 Å². The van der Waals surface area contributed by atoms with E-state index in [2.05, 4.69) is 5.32 Å². The van der Waals surface area contributed by atoms with Crippen molar-refractivity contribution in [3.8, 4) is 0 Å². The Morgan fingerprint density at radius 2 is 1.64 bits per heavy atom. The van der Waals surface area contributed by atoms with Crippen molar-refractivity contribution >= 4 is 40.6 Å². The van der Waals surface area contributed by atoms with Crippen LogP contribution in [0.4, 0.5) is 10.5 Å². The number of imide groups is 1. The molecule has 1 fully saturated rings. The lowest BCUT2D eigenvalue weighted by atomic mass is 10.1. The van der Waals surface area contributed by atoms with Crippen LogP contribution >= 0.6 is 11.8 Å². The second-order valence-corrected chi connectivity index (χ2v) is 7.71. The van der Waals surface area contributed by atoms with Crippen molar-refractivity contribution in [3.63, 3.8) is 0 Å². The molecule has 1 aliphatic rings. The van der Waals surface area contributed by atoms with Gasteiger partial charge in [0.1, 0.15) is 0 Å². The molecule has 3 amide bonds. The molecule has 6 nitrogen and oxygen atoms in total. The third-order valence-electron chi connectivity index (χ3n) is 4.32. The highest BCUT2D eigenvalue weighted by atomic mass is 32.2. The average molecular weight is 395 g/mol. The number of amides is 3. The molecule has 0 saturated carbocycles. The number of rotatable bonds is 5. The molecule has 0 aromatic heterocycles. The van der Waals surface area contributed by atoms with Crippen LogP contribution in [0.5, 0.6) is 0 Å². The molecule has 0 spiro atoms. The topological polar surface area (TPSA) is 69.7 Å². The van der Waals surface area contributed by atoms with Gasteiger partial charge in [0.05, 0.1) is 4.91 Å². The molecule has 0 unspecified atom stereocenters. The number of anilines is 1. The molecule has 1 heterocycles. The van der Waals surface area contributed by atoms with Gasteiger partial charge in [-0.15, -0.1) is 0 Å². The summed E-state index contributed by atoms with van der Waals surface area (Å²) in [5, 5.41) is 1.85. The van der Waals surface area contributed by atoms with E-state index in [1.54, 1.807) is 42.3 Å². The number of carbonyl (C=O) groups is 3. The van der Waals surface area contributed by atoms with Crippen molar-refractivity contribution in [2.75, 3.05) is 26.0 Å². The number of carbonyl (C=O) groups excluding carboxylic acids is 3. The van der Waals surface area contributed by atoms with Gasteiger partial charge >= 0.3 is 0 Å². The van der Waals surface area contributed by atoms with Crippen LogP contribution in [0.2, 0.25) is 0 Å². The Kier molecular flexibility index (Phi) is 5.84. The summed E-state index contributed by atoms with van der Waals surface area (Å²) in [6, 6.07) is 15.0. The highest BCUT2D eigenvalue weighted by Crippen LogP contribution is 2.25. The van der Waals surface area contributed by atoms with Gasteiger partial charge < -0.3 is 9.80 Å². The number of nitrogens with zero attached hydrogens (tertiary/aromatic N) is 2. The summed E-state index contributed by atoms with van der Waals surface area (Å²) in [6.07, 6.45) is 1.63. The summed E-state index contributed by atoms with van der Waals surface area (Å²) in [7, 11) is 5.74. The second kappa shape index (κ2) is 8.31. The van der Waals surface area contributed by atoms with E-state index in [1.165, 1.54) is 0 Å². The standard InChI is InChI=1S/C21H21N3O3S/c1-23(2)17-10-6-15(7-11-17)13-24(3)20(26)16-8-4-14(5-9-16)12-18-19(25)22-21(27)28-18/h4-12H,13H2,1-3H3,(H,22,25,27)/b18-12-. The number of hydrogen-bond donors (Lipinski definition) is 1. The summed E-state index contributed by atoms with van der Waals surface area (Å²) in [6.45, 7) is 0.511. The highest BCUT2D eigenvalue weighted by molar-refractivity contribution is 8.18. The maximum absolute atomic E-state index is 12.7. The first kappa shape index (κ1) is 19.7. The molecular formula is C21H21N3O3S. The molecule has 7 heteroatoms. The summed E-state index contributed by atoms with van der Waals surface area (Å²) >= 11 is 0.871. The molecular weight excluding hydrogens is 374 g/mol. The van der Waals surface area contributed by atoms with E-state index < -0.39 is 5.91 Å². The van der Waals surface area contributed by atoms with Gasteiger partial charge in [0, 0.05) is 38.9 Å². The van der Waals surface area contributed by atoms with Gasteiger partial charge in [-0.2, -0.15) is 0 Å². The fourth-order valence-electron chi connectivity index (χ4n) is 2.76. The Bertz CT molecular complexity index is 934. The zero-order valence-corrected chi connectivity index (χ0v) is 16.7. The molecule has 1 aliphatic heterocycles. The fourth-order valence-corrected chi connectivity index (χ4v) is 3.44. The third-order valence-corrected chi connectivity index (χ3v) is 5.13. The van der Waals surface area contributed by atoms with Crippen molar-refractivity contribution in [1.29, 1.82) is 0 Å². The lowest BCUT2D eigenvalue weighted by Gasteiger charge is -2.18. The van der Waals surface area contributed by atoms with E-state index in [1.807, 2.05) is 43.3 Å². The summed E-state index contributed by atoms with van der Waals surface area (Å²) in [4.78, 5) is 39.5. The van der Waals surface area contributed by atoms with Crippen molar-refractivity contribution in [3.05, 3.63) is 70.1 Å². The Balaban J connectivity index is 1.66. The Labute approximate surface area is 168 Å². The first-order valence-corrected chi connectivity index (χ1v) is 9.52. The van der Waals surface area contributed by atoms with Gasteiger partial charge in [-0.05, 0) is 53.2 Å². The van der Waals surface area contributed by atoms with Crippen LogP contribution < -0.4 is 10.2 Å². The normalized spacial score (nSPS) is 14.9. The quantitative estimate of drug-likeness (QED) is 0.787. The molecule has 0 atom stereocenters. The third kappa shape index (κ3) is 4.61. The molecule has 2 aromatic carbocycles. The summed E-state index contributed by atoms with van der Waals surface area (Å²) in [5.41, 5.74) is 3.48. The maximum atomic E-state index is 12.7. The van der Waals surface area contributed by atoms with E-state index in [9.17, 15) is 14.4 Å². The molecule has 28 heavy (non-hydrogen) atoms. The van der Waals surface area contributed by atoms with Crippen LogP contribution in [-0.2, 0) is 11.3 Å². The van der Waals surface area contributed by atoms with Crippen molar-refractivity contribution < 1.29 is 14.4 Å². The fraction of sp³-hybridized carbons (Fsp3) is 0.190. The van der Waals surface area contributed by atoms with Crippen molar-refractivity contribution in [1.82, 2.24) is 10.2 Å². The maximum Gasteiger partial charge on any atom is 0.290 e. The molecule has 2 aromatic rings. The molecule has 3 rings (SSSR count). The van der Waals surface area contributed by atoms with Gasteiger partial charge in [0.15, 0.2) is 0 Å². The predicted molar refractivity (Wildman–Crippen MR) is 112 cm³/mol. The molecule has 0 aliphatic carbocycles. The lowest BCUT2D eigenvalue weighted by molar-refractivity contribution is -0.115. The number of benzene rings is 2. The zero-order valence-electron chi connectivity index (χ0n) is 15.9. The van der Waals surface area contributed by atoms with Crippen LogP contribution in [0.3, 0.4) is 0 Å². The van der Waals surface area contributed by atoms with E-state index in [0.717, 1.165) is 28.6 Å². The minimum Gasteiger partial charge on any atom is -0.378 e. The van der Waals surface area contributed by atoms with Crippen LogP contribution in [0.15, 0.2) is 53.4 Å². The van der Waals surface area contributed by atoms with Crippen LogP contribution in [-0.4, -0.2) is 43.1 Å². The number of nitrogens with one attached hydrogen (secondary N) is 1. The monoisotopic (exact) mass is 395 g/mol. The first-order chi connectivity index (χ1) is 13.3. The first-order valence-electron chi connectivity index (χ1n) is 8.70. The SMILES string of the molecule is CN(Cc1ccc(N(C)C)cc1)C(=O)c1ccc(/C=C2\SC(=O)NC2=O)cc1. The average Bonchev–Trinajstić information content (AvgIpc) is 2.99. The largest absolute Gasteiger partial charge is 0.378 e. The predicted octanol–water partition coefficient (Wildman–Crippen LogP) is 3.35. The van der Waals surface area contributed by atoms with Crippen molar-refractivity contribution in [2.45, 2.75) is 6.54 Å².